The van der Waals surface area contributed by atoms with Crippen molar-refractivity contribution < 1.29 is 9.53 Å². The number of benzene rings is 1. The topological polar surface area (TPSA) is 41.6 Å². The molecule has 1 N–H and O–H groups in total. The predicted molar refractivity (Wildman–Crippen MR) is 96.2 cm³/mol. The maximum atomic E-state index is 12.9. The maximum Gasteiger partial charge on any atom is 0.410 e. The number of piperidine rings is 2. The minimum absolute atomic E-state index is 0.105. The first kappa shape index (κ1) is 15.7. The molecular weight excluding hydrogens is 312 g/mol. The van der Waals surface area contributed by atoms with Crippen LogP contribution in [0.3, 0.4) is 0 Å². The molecule has 4 aliphatic rings. The van der Waals surface area contributed by atoms with Gasteiger partial charge in [0.15, 0.2) is 0 Å². The molecule has 134 valence electrons. The molecule has 3 spiro atoms. The summed E-state index contributed by atoms with van der Waals surface area (Å²) in [5, 5.41) is 3.82. The summed E-state index contributed by atoms with van der Waals surface area (Å²) in [5.41, 5.74) is 1.92. The lowest BCUT2D eigenvalue weighted by Crippen LogP contribution is -2.59. The van der Waals surface area contributed by atoms with Crippen molar-refractivity contribution in [3.05, 3.63) is 35.9 Å². The van der Waals surface area contributed by atoms with Crippen molar-refractivity contribution in [1.29, 1.82) is 0 Å². The molecule has 1 amide bonds. The smallest absolute Gasteiger partial charge is 0.410 e. The van der Waals surface area contributed by atoms with E-state index in [1.807, 2.05) is 30.3 Å². The van der Waals surface area contributed by atoms with Crippen LogP contribution in [0.1, 0.15) is 56.9 Å². The molecule has 1 aromatic carbocycles. The lowest BCUT2D eigenvalue weighted by atomic mass is 9.70. The Morgan fingerprint density at radius 3 is 2.32 bits per heavy atom. The number of rotatable bonds is 2. The highest BCUT2D eigenvalue weighted by atomic mass is 16.6. The molecule has 0 radical (unpaired) electrons. The fourth-order valence-corrected chi connectivity index (χ4v) is 4.92. The van der Waals surface area contributed by atoms with E-state index >= 15 is 0 Å². The van der Waals surface area contributed by atoms with Gasteiger partial charge in [0.05, 0.1) is 0 Å². The first-order valence-corrected chi connectivity index (χ1v) is 9.86. The molecule has 1 atom stereocenters. The normalized spacial score (nSPS) is 31.3. The standard InChI is InChI=1S/C21H28N2O2/c24-18(25-14-17-4-2-1-3-5-17)23-16-19(7-11-21(23)12-13-21)6-8-20(9-10-20)22-15-19/h1-5,22H,6-16H2. The number of ether oxygens (including phenoxy) is 1. The van der Waals surface area contributed by atoms with Crippen molar-refractivity contribution in [1.82, 2.24) is 10.2 Å². The van der Waals surface area contributed by atoms with Gasteiger partial charge in [-0.2, -0.15) is 0 Å². The van der Waals surface area contributed by atoms with Gasteiger partial charge in [-0.15, -0.1) is 0 Å². The van der Waals surface area contributed by atoms with E-state index < -0.39 is 0 Å². The van der Waals surface area contributed by atoms with Crippen LogP contribution in [0.5, 0.6) is 0 Å². The van der Waals surface area contributed by atoms with Crippen LogP contribution in [0.15, 0.2) is 30.3 Å². The van der Waals surface area contributed by atoms with E-state index in [9.17, 15) is 4.79 Å². The molecule has 0 aromatic heterocycles. The van der Waals surface area contributed by atoms with E-state index in [-0.39, 0.29) is 17.0 Å². The van der Waals surface area contributed by atoms with Gasteiger partial charge in [0.2, 0.25) is 0 Å². The van der Waals surface area contributed by atoms with Crippen LogP contribution in [-0.4, -0.2) is 35.2 Å². The fourth-order valence-electron chi connectivity index (χ4n) is 4.92. The third-order valence-electron chi connectivity index (χ3n) is 7.27. The van der Waals surface area contributed by atoms with E-state index in [2.05, 4.69) is 10.2 Å². The predicted octanol–water partition coefficient (Wildman–Crippen LogP) is 3.85. The maximum absolute atomic E-state index is 12.9. The average Bonchev–Trinajstić information content (AvgIpc) is 3.58. The Balaban J connectivity index is 1.26. The van der Waals surface area contributed by atoms with Gasteiger partial charge in [-0.25, -0.2) is 4.79 Å². The van der Waals surface area contributed by atoms with Crippen molar-refractivity contribution >= 4 is 6.09 Å². The number of nitrogens with zero attached hydrogens (tertiary/aromatic N) is 1. The lowest BCUT2D eigenvalue weighted by molar-refractivity contribution is -0.00210. The molecule has 2 heterocycles. The molecule has 4 nitrogen and oxygen atoms in total. The second-order valence-electron chi connectivity index (χ2n) is 8.98. The molecule has 4 fully saturated rings. The van der Waals surface area contributed by atoms with Crippen LogP contribution in [0.2, 0.25) is 0 Å². The van der Waals surface area contributed by atoms with Crippen LogP contribution in [0.4, 0.5) is 4.79 Å². The van der Waals surface area contributed by atoms with E-state index in [0.717, 1.165) is 37.9 Å². The number of hydrogen-bond donors (Lipinski definition) is 1. The van der Waals surface area contributed by atoms with E-state index in [4.69, 9.17) is 4.74 Å². The Bertz CT molecular complexity index is 648. The van der Waals surface area contributed by atoms with Crippen molar-refractivity contribution in [2.45, 2.75) is 69.1 Å². The lowest BCUT2D eigenvalue weighted by Gasteiger charge is -2.50. The summed E-state index contributed by atoms with van der Waals surface area (Å²) in [7, 11) is 0. The Morgan fingerprint density at radius 2 is 1.68 bits per heavy atom. The van der Waals surface area contributed by atoms with E-state index in [1.165, 1.54) is 32.1 Å². The minimum atomic E-state index is -0.105. The Morgan fingerprint density at radius 1 is 1.00 bits per heavy atom. The molecule has 1 unspecified atom stereocenters. The van der Waals surface area contributed by atoms with E-state index in [1.54, 1.807) is 0 Å². The largest absolute Gasteiger partial charge is 0.445 e. The average molecular weight is 340 g/mol. The molecule has 2 saturated carbocycles. The van der Waals surface area contributed by atoms with Crippen molar-refractivity contribution in [2.75, 3.05) is 13.1 Å². The van der Waals surface area contributed by atoms with Gasteiger partial charge < -0.3 is 15.0 Å². The number of likely N-dealkylation sites (tertiary alicyclic amines) is 1. The van der Waals surface area contributed by atoms with Crippen LogP contribution in [-0.2, 0) is 11.3 Å². The minimum Gasteiger partial charge on any atom is -0.445 e. The highest BCUT2D eigenvalue weighted by molar-refractivity contribution is 5.70. The number of carbonyl (C=O) groups excluding carboxylic acids is 1. The Hall–Kier alpha value is -1.55. The molecule has 4 heteroatoms. The summed E-state index contributed by atoms with van der Waals surface area (Å²) in [5.74, 6) is 0. The van der Waals surface area contributed by atoms with Crippen molar-refractivity contribution in [3.63, 3.8) is 0 Å². The van der Waals surface area contributed by atoms with Gasteiger partial charge in [-0.3, -0.25) is 0 Å². The van der Waals surface area contributed by atoms with Crippen molar-refractivity contribution in [2.24, 2.45) is 5.41 Å². The third kappa shape index (κ3) is 2.84. The quantitative estimate of drug-likeness (QED) is 0.889. The zero-order valence-electron chi connectivity index (χ0n) is 14.9. The van der Waals surface area contributed by atoms with Crippen LogP contribution in [0, 0.1) is 5.41 Å². The highest BCUT2D eigenvalue weighted by Gasteiger charge is 2.59. The van der Waals surface area contributed by atoms with Crippen LogP contribution in [0.25, 0.3) is 0 Å². The van der Waals surface area contributed by atoms with Gasteiger partial charge in [0, 0.05) is 29.6 Å². The summed E-state index contributed by atoms with van der Waals surface area (Å²) in [6.45, 7) is 2.33. The summed E-state index contributed by atoms with van der Waals surface area (Å²) in [4.78, 5) is 15.0. The molecule has 5 rings (SSSR count). The summed E-state index contributed by atoms with van der Waals surface area (Å²) >= 11 is 0. The van der Waals surface area contributed by atoms with Crippen molar-refractivity contribution in [3.8, 4) is 0 Å². The van der Waals surface area contributed by atoms with Gasteiger partial charge in [-0.1, -0.05) is 30.3 Å². The Kier molecular flexibility index (Phi) is 3.43. The first-order valence-electron chi connectivity index (χ1n) is 9.86. The molecule has 2 aliphatic heterocycles. The first-order chi connectivity index (χ1) is 12.1. The molecule has 2 saturated heterocycles. The van der Waals surface area contributed by atoms with Gasteiger partial charge in [0.1, 0.15) is 6.61 Å². The third-order valence-corrected chi connectivity index (χ3v) is 7.27. The number of nitrogens with one attached hydrogen (secondary N) is 1. The monoisotopic (exact) mass is 340 g/mol. The van der Waals surface area contributed by atoms with Crippen LogP contribution < -0.4 is 5.32 Å². The number of hydrogen-bond acceptors (Lipinski definition) is 3. The summed E-state index contributed by atoms with van der Waals surface area (Å²) < 4.78 is 5.70. The molecule has 25 heavy (non-hydrogen) atoms. The van der Waals surface area contributed by atoms with Gasteiger partial charge in [-0.05, 0) is 56.9 Å². The summed E-state index contributed by atoms with van der Waals surface area (Å²) in [6, 6.07) is 9.99. The zero-order chi connectivity index (χ0) is 17.0. The Labute approximate surface area is 149 Å². The molecular formula is C21H28N2O2. The second kappa shape index (κ2) is 5.47. The second-order valence-corrected chi connectivity index (χ2v) is 8.98. The molecule has 0 bridgehead atoms. The summed E-state index contributed by atoms with van der Waals surface area (Å²) in [6.07, 6.45) is 9.85. The number of amides is 1. The van der Waals surface area contributed by atoms with Gasteiger partial charge in [0.25, 0.3) is 0 Å². The van der Waals surface area contributed by atoms with E-state index in [0.29, 0.717) is 12.1 Å². The number of carbonyl (C=O) groups is 1. The fraction of sp³-hybridized carbons (Fsp3) is 0.667. The molecule has 2 aliphatic carbocycles. The highest BCUT2D eigenvalue weighted by Crippen LogP contribution is 2.56. The van der Waals surface area contributed by atoms with Gasteiger partial charge >= 0.3 is 6.09 Å². The molecule has 1 aromatic rings. The zero-order valence-corrected chi connectivity index (χ0v) is 14.9. The van der Waals surface area contributed by atoms with Crippen LogP contribution >= 0.6 is 0 Å². The SMILES string of the molecule is O=C(OCc1ccccc1)N1CC2(CCC3(CC3)NC2)CCC12CC2.